The van der Waals surface area contributed by atoms with E-state index >= 15 is 0 Å². The summed E-state index contributed by atoms with van der Waals surface area (Å²) in [4.78, 5) is 21.3. The summed E-state index contributed by atoms with van der Waals surface area (Å²) in [5, 5.41) is 4.00. The number of piperidine rings is 1. The standard InChI is InChI=1S/C19H26N4O2/c1-4-16(14-9-6-5-7-10-14)18(24)23-12-8-11-15(13-23)17-20-19(21-25-17)22(2)3/h5-7,9-10,15-16H,4,8,11-13H2,1-3H3/t15-,16-/m1/s1. The fourth-order valence-corrected chi connectivity index (χ4v) is 3.41. The number of nitrogens with zero attached hydrogens (tertiary/aromatic N) is 4. The molecule has 6 heteroatoms. The van der Waals surface area contributed by atoms with Gasteiger partial charge in [-0.15, -0.1) is 0 Å². The predicted molar refractivity (Wildman–Crippen MR) is 96.7 cm³/mol. The molecule has 1 aliphatic rings. The van der Waals surface area contributed by atoms with Crippen molar-refractivity contribution >= 4 is 11.9 Å². The van der Waals surface area contributed by atoms with Crippen molar-refractivity contribution in [2.75, 3.05) is 32.1 Å². The number of anilines is 1. The molecule has 0 saturated carbocycles. The van der Waals surface area contributed by atoms with Gasteiger partial charge in [0.15, 0.2) is 0 Å². The second-order valence-electron chi connectivity index (χ2n) is 6.82. The Morgan fingerprint density at radius 1 is 1.36 bits per heavy atom. The van der Waals surface area contributed by atoms with Crippen LogP contribution >= 0.6 is 0 Å². The molecule has 1 fully saturated rings. The summed E-state index contributed by atoms with van der Waals surface area (Å²) in [6.07, 6.45) is 2.73. The van der Waals surface area contributed by atoms with E-state index in [1.54, 1.807) is 0 Å². The molecule has 1 aliphatic heterocycles. The van der Waals surface area contributed by atoms with Crippen LogP contribution in [0.3, 0.4) is 0 Å². The first-order chi connectivity index (χ1) is 12.1. The van der Waals surface area contributed by atoms with Gasteiger partial charge in [-0.1, -0.05) is 37.3 Å². The van der Waals surface area contributed by atoms with E-state index in [4.69, 9.17) is 4.52 Å². The molecule has 1 amide bonds. The van der Waals surface area contributed by atoms with Crippen molar-refractivity contribution in [3.05, 3.63) is 41.8 Å². The molecule has 1 saturated heterocycles. The van der Waals surface area contributed by atoms with Crippen LogP contribution in [0.25, 0.3) is 0 Å². The smallest absolute Gasteiger partial charge is 0.265 e. The number of likely N-dealkylation sites (tertiary alicyclic amines) is 1. The first kappa shape index (κ1) is 17.5. The van der Waals surface area contributed by atoms with E-state index in [1.165, 1.54) is 0 Å². The molecule has 0 N–H and O–H groups in total. The first-order valence-corrected chi connectivity index (χ1v) is 8.94. The maximum Gasteiger partial charge on any atom is 0.265 e. The summed E-state index contributed by atoms with van der Waals surface area (Å²) in [7, 11) is 3.77. The molecule has 0 bridgehead atoms. The van der Waals surface area contributed by atoms with Crippen LogP contribution in [0, 0.1) is 0 Å². The van der Waals surface area contributed by atoms with Gasteiger partial charge in [0, 0.05) is 27.2 Å². The molecule has 25 heavy (non-hydrogen) atoms. The van der Waals surface area contributed by atoms with E-state index in [0.29, 0.717) is 18.4 Å². The molecule has 6 nitrogen and oxygen atoms in total. The average Bonchev–Trinajstić information content (AvgIpc) is 3.14. The minimum Gasteiger partial charge on any atom is -0.344 e. The van der Waals surface area contributed by atoms with E-state index in [9.17, 15) is 4.79 Å². The minimum atomic E-state index is -0.0834. The van der Waals surface area contributed by atoms with Gasteiger partial charge in [-0.3, -0.25) is 4.79 Å². The number of hydrogen-bond acceptors (Lipinski definition) is 5. The van der Waals surface area contributed by atoms with Gasteiger partial charge in [-0.05, 0) is 30.0 Å². The minimum absolute atomic E-state index is 0.0834. The lowest BCUT2D eigenvalue weighted by Crippen LogP contribution is -2.41. The molecule has 2 atom stereocenters. The van der Waals surface area contributed by atoms with Crippen LogP contribution in [0.1, 0.15) is 49.5 Å². The average molecular weight is 342 g/mol. The molecule has 1 aromatic heterocycles. The number of benzene rings is 1. The second-order valence-corrected chi connectivity index (χ2v) is 6.82. The summed E-state index contributed by atoms with van der Waals surface area (Å²) in [5.74, 6) is 1.45. The SMILES string of the molecule is CC[C@@H](C(=O)N1CCC[C@@H](c2nc(N(C)C)no2)C1)c1ccccc1. The highest BCUT2D eigenvalue weighted by molar-refractivity contribution is 5.83. The fourth-order valence-electron chi connectivity index (χ4n) is 3.41. The van der Waals surface area contributed by atoms with Gasteiger partial charge in [0.25, 0.3) is 5.95 Å². The van der Waals surface area contributed by atoms with Gasteiger partial charge < -0.3 is 14.3 Å². The van der Waals surface area contributed by atoms with Crippen LogP contribution in [-0.4, -0.2) is 48.1 Å². The van der Waals surface area contributed by atoms with E-state index in [2.05, 4.69) is 17.1 Å². The van der Waals surface area contributed by atoms with Crippen molar-refractivity contribution in [1.82, 2.24) is 15.0 Å². The Hall–Kier alpha value is -2.37. The zero-order valence-electron chi connectivity index (χ0n) is 15.2. The lowest BCUT2D eigenvalue weighted by atomic mass is 9.92. The monoisotopic (exact) mass is 342 g/mol. The van der Waals surface area contributed by atoms with Crippen LogP contribution in [0.15, 0.2) is 34.9 Å². The number of aromatic nitrogens is 2. The molecular formula is C19H26N4O2. The van der Waals surface area contributed by atoms with Gasteiger partial charge in [-0.2, -0.15) is 4.98 Å². The molecule has 0 unspecified atom stereocenters. The molecule has 0 spiro atoms. The summed E-state index contributed by atoms with van der Waals surface area (Å²) < 4.78 is 5.42. The van der Waals surface area contributed by atoms with Crippen LogP contribution in [0.2, 0.25) is 0 Å². The number of hydrogen-bond donors (Lipinski definition) is 0. The van der Waals surface area contributed by atoms with Gasteiger partial charge in [0.1, 0.15) is 0 Å². The predicted octanol–water partition coefficient (Wildman–Crippen LogP) is 3.04. The topological polar surface area (TPSA) is 62.5 Å². The third kappa shape index (κ3) is 3.83. The quantitative estimate of drug-likeness (QED) is 0.836. The lowest BCUT2D eigenvalue weighted by molar-refractivity contribution is -0.134. The van der Waals surface area contributed by atoms with Crippen LogP contribution in [0.5, 0.6) is 0 Å². The summed E-state index contributed by atoms with van der Waals surface area (Å²) >= 11 is 0. The molecule has 2 aromatic rings. The maximum atomic E-state index is 13.1. The van der Waals surface area contributed by atoms with Crippen LogP contribution < -0.4 is 4.90 Å². The summed E-state index contributed by atoms with van der Waals surface area (Å²) in [6, 6.07) is 10.0. The third-order valence-electron chi connectivity index (χ3n) is 4.82. The highest BCUT2D eigenvalue weighted by Crippen LogP contribution is 2.30. The van der Waals surface area contributed by atoms with Crippen molar-refractivity contribution in [3.63, 3.8) is 0 Å². The van der Waals surface area contributed by atoms with Crippen molar-refractivity contribution < 1.29 is 9.32 Å². The summed E-state index contributed by atoms with van der Waals surface area (Å²) in [6.45, 7) is 3.52. The normalized spacial score (nSPS) is 18.8. The van der Waals surface area contributed by atoms with Gasteiger partial charge >= 0.3 is 0 Å². The summed E-state index contributed by atoms with van der Waals surface area (Å²) in [5.41, 5.74) is 1.09. The van der Waals surface area contributed by atoms with Crippen LogP contribution in [0.4, 0.5) is 5.95 Å². The molecule has 0 aliphatic carbocycles. The van der Waals surface area contributed by atoms with E-state index in [-0.39, 0.29) is 17.7 Å². The molecule has 2 heterocycles. The highest BCUT2D eigenvalue weighted by Gasteiger charge is 2.32. The molecular weight excluding hydrogens is 316 g/mol. The fraction of sp³-hybridized carbons (Fsp3) is 0.526. The van der Waals surface area contributed by atoms with Crippen molar-refractivity contribution in [3.8, 4) is 0 Å². The van der Waals surface area contributed by atoms with Gasteiger partial charge in [0.05, 0.1) is 11.8 Å². The first-order valence-electron chi connectivity index (χ1n) is 8.94. The Balaban J connectivity index is 1.72. The van der Waals surface area contributed by atoms with Gasteiger partial charge in [-0.25, -0.2) is 0 Å². The van der Waals surface area contributed by atoms with Crippen LogP contribution in [-0.2, 0) is 4.79 Å². The molecule has 1 aromatic carbocycles. The Morgan fingerprint density at radius 2 is 2.12 bits per heavy atom. The molecule has 3 rings (SSSR count). The molecule has 0 radical (unpaired) electrons. The number of carbonyl (C=O) groups is 1. The zero-order valence-corrected chi connectivity index (χ0v) is 15.2. The number of rotatable bonds is 5. The van der Waals surface area contributed by atoms with E-state index < -0.39 is 0 Å². The maximum absolute atomic E-state index is 13.1. The Morgan fingerprint density at radius 3 is 2.76 bits per heavy atom. The number of carbonyl (C=O) groups excluding carboxylic acids is 1. The zero-order chi connectivity index (χ0) is 17.8. The van der Waals surface area contributed by atoms with Gasteiger partial charge in [0.2, 0.25) is 11.8 Å². The lowest BCUT2D eigenvalue weighted by Gasteiger charge is -2.33. The van der Waals surface area contributed by atoms with E-state index in [0.717, 1.165) is 31.4 Å². The van der Waals surface area contributed by atoms with Crippen molar-refractivity contribution in [1.29, 1.82) is 0 Å². The Labute approximate surface area is 148 Å². The largest absolute Gasteiger partial charge is 0.344 e. The number of amides is 1. The van der Waals surface area contributed by atoms with Crippen molar-refractivity contribution in [2.45, 2.75) is 38.0 Å². The molecule has 134 valence electrons. The Kier molecular flexibility index (Phi) is 5.36. The second kappa shape index (κ2) is 7.68. The van der Waals surface area contributed by atoms with E-state index in [1.807, 2.05) is 54.2 Å². The highest BCUT2D eigenvalue weighted by atomic mass is 16.5. The van der Waals surface area contributed by atoms with Crippen molar-refractivity contribution in [2.24, 2.45) is 0 Å². The third-order valence-corrected chi connectivity index (χ3v) is 4.82. The Bertz CT molecular complexity index is 698.